The molecule has 0 saturated carbocycles. The monoisotopic (exact) mass is 333 g/mol. The molecule has 5 nitrogen and oxygen atoms in total. The second-order valence-corrected chi connectivity index (χ2v) is 8.67. The van der Waals surface area contributed by atoms with Crippen LogP contribution in [0.25, 0.3) is 0 Å². The van der Waals surface area contributed by atoms with Crippen LogP contribution >= 0.6 is 0 Å². The molecule has 0 saturated heterocycles. The number of halogens is 1. The number of rotatable bonds is 4. The van der Waals surface area contributed by atoms with E-state index >= 15 is 0 Å². The van der Waals surface area contributed by atoms with Gasteiger partial charge in [0, 0.05) is 12.3 Å². The lowest BCUT2D eigenvalue weighted by molar-refractivity contribution is 0.513. The van der Waals surface area contributed by atoms with E-state index in [0.717, 1.165) is 30.9 Å². The fraction of sp³-hybridized carbons (Fsp3) is 0.385. The summed E-state index contributed by atoms with van der Waals surface area (Å²) in [5, 5.41) is 0. The summed E-state index contributed by atoms with van der Waals surface area (Å²) >= 11 is 0. The second kappa shape index (κ2) is 5.86. The van der Waals surface area contributed by atoms with Crippen LogP contribution in [0.5, 0.6) is 0 Å². The number of nitrogens with one attached hydrogen (secondary N) is 1. The van der Waals surface area contributed by atoms with Crippen LogP contribution in [-0.4, -0.2) is 29.1 Å². The Morgan fingerprint density at radius 3 is 2.48 bits per heavy atom. The minimum absolute atomic E-state index is 0.229. The molecular weight excluding hydrogens is 317 g/mol. The molecule has 1 unspecified atom stereocenters. The maximum Gasteiger partial charge on any atom is 0.243 e. The van der Waals surface area contributed by atoms with Crippen molar-refractivity contribution in [1.29, 1.82) is 0 Å². The van der Waals surface area contributed by atoms with Crippen LogP contribution < -0.4 is 4.72 Å². The van der Waals surface area contributed by atoms with Crippen molar-refractivity contribution >= 4 is 19.9 Å². The van der Waals surface area contributed by atoms with Gasteiger partial charge >= 0.3 is 0 Å². The zero-order valence-electron chi connectivity index (χ0n) is 11.4. The Morgan fingerprint density at radius 1 is 1.19 bits per heavy atom. The lowest BCUT2D eigenvalue weighted by Gasteiger charge is -2.19. The van der Waals surface area contributed by atoms with Gasteiger partial charge in [-0.05, 0) is 37.5 Å². The first-order valence-electron chi connectivity index (χ1n) is 6.37. The zero-order valence-corrected chi connectivity index (χ0v) is 13.0. The van der Waals surface area contributed by atoms with Gasteiger partial charge in [-0.3, -0.25) is 0 Å². The summed E-state index contributed by atoms with van der Waals surface area (Å²) in [7, 11) is -7.70. The minimum atomic E-state index is -4.10. The first-order chi connectivity index (χ1) is 9.70. The van der Waals surface area contributed by atoms with Crippen LogP contribution in [-0.2, 0) is 19.9 Å². The highest BCUT2D eigenvalue weighted by Gasteiger charge is 2.25. The molecule has 1 atom stereocenters. The van der Waals surface area contributed by atoms with Crippen LogP contribution in [0.2, 0.25) is 0 Å². The molecule has 1 aromatic carbocycles. The summed E-state index contributed by atoms with van der Waals surface area (Å²) in [6.07, 6.45) is 6.67. The molecule has 0 bridgehead atoms. The van der Waals surface area contributed by atoms with Crippen molar-refractivity contribution < 1.29 is 21.2 Å². The van der Waals surface area contributed by atoms with Gasteiger partial charge in [-0.25, -0.2) is 25.9 Å². The van der Waals surface area contributed by atoms with E-state index < -0.39 is 30.6 Å². The van der Waals surface area contributed by atoms with Gasteiger partial charge in [0.25, 0.3) is 0 Å². The maximum absolute atomic E-state index is 13.8. The Labute approximate surface area is 123 Å². The Bertz CT molecular complexity index is 769. The number of sulfonamides is 1. The molecular formula is C13H16FNO4S2. The number of sulfone groups is 1. The van der Waals surface area contributed by atoms with E-state index in [1.807, 2.05) is 12.2 Å². The predicted molar refractivity (Wildman–Crippen MR) is 76.6 cm³/mol. The van der Waals surface area contributed by atoms with Crippen molar-refractivity contribution in [1.82, 2.24) is 4.72 Å². The smallest absolute Gasteiger partial charge is 0.224 e. The van der Waals surface area contributed by atoms with E-state index in [-0.39, 0.29) is 10.9 Å². The van der Waals surface area contributed by atoms with Crippen molar-refractivity contribution in [2.75, 3.05) is 6.26 Å². The minimum Gasteiger partial charge on any atom is -0.224 e. The van der Waals surface area contributed by atoms with Crippen molar-refractivity contribution in [2.24, 2.45) is 0 Å². The Balaban J connectivity index is 2.37. The van der Waals surface area contributed by atoms with Gasteiger partial charge in [-0.15, -0.1) is 0 Å². The first-order valence-corrected chi connectivity index (χ1v) is 9.74. The van der Waals surface area contributed by atoms with Crippen LogP contribution in [0.1, 0.15) is 19.3 Å². The van der Waals surface area contributed by atoms with E-state index in [0.29, 0.717) is 12.8 Å². The van der Waals surface area contributed by atoms with E-state index in [9.17, 15) is 21.2 Å². The van der Waals surface area contributed by atoms with Gasteiger partial charge in [-0.1, -0.05) is 12.2 Å². The third kappa shape index (κ3) is 3.90. The molecule has 0 radical (unpaired) electrons. The lowest BCUT2D eigenvalue weighted by Crippen LogP contribution is -2.35. The average molecular weight is 333 g/mol. The molecule has 0 fully saturated rings. The van der Waals surface area contributed by atoms with Crippen molar-refractivity contribution in [2.45, 2.75) is 35.1 Å². The van der Waals surface area contributed by atoms with Crippen molar-refractivity contribution in [3.8, 4) is 0 Å². The summed E-state index contributed by atoms with van der Waals surface area (Å²) in [4.78, 5) is -0.868. The van der Waals surface area contributed by atoms with Crippen molar-refractivity contribution in [3.63, 3.8) is 0 Å². The van der Waals surface area contributed by atoms with Crippen LogP contribution in [0.3, 0.4) is 0 Å². The Kier molecular flexibility index (Phi) is 4.50. The van der Waals surface area contributed by atoms with Gasteiger partial charge in [0.05, 0.1) is 4.90 Å². The van der Waals surface area contributed by atoms with Gasteiger partial charge in [0.15, 0.2) is 9.84 Å². The Morgan fingerprint density at radius 2 is 1.90 bits per heavy atom. The molecule has 1 aliphatic carbocycles. The van der Waals surface area contributed by atoms with Crippen LogP contribution in [0.4, 0.5) is 4.39 Å². The molecule has 1 aliphatic rings. The predicted octanol–water partition coefficient (Wildman–Crippen LogP) is 1.62. The highest BCUT2D eigenvalue weighted by atomic mass is 32.2. The topological polar surface area (TPSA) is 80.3 Å². The average Bonchev–Trinajstić information content (AvgIpc) is 2.38. The third-order valence-corrected chi connectivity index (χ3v) is 5.86. The summed E-state index contributed by atoms with van der Waals surface area (Å²) in [6, 6.07) is 2.45. The molecule has 2 rings (SSSR count). The fourth-order valence-electron chi connectivity index (χ4n) is 2.10. The number of hydrogen-bond acceptors (Lipinski definition) is 4. The van der Waals surface area contributed by atoms with Gasteiger partial charge in [0.2, 0.25) is 10.0 Å². The molecule has 0 heterocycles. The molecule has 116 valence electrons. The van der Waals surface area contributed by atoms with Gasteiger partial charge in [-0.2, -0.15) is 0 Å². The molecule has 0 aromatic heterocycles. The van der Waals surface area contributed by atoms with Crippen molar-refractivity contribution in [3.05, 3.63) is 36.2 Å². The van der Waals surface area contributed by atoms with E-state index in [4.69, 9.17) is 0 Å². The first kappa shape index (κ1) is 16.1. The highest BCUT2D eigenvalue weighted by molar-refractivity contribution is 7.91. The van der Waals surface area contributed by atoms with Gasteiger partial charge < -0.3 is 0 Å². The highest BCUT2D eigenvalue weighted by Crippen LogP contribution is 2.21. The Hall–Kier alpha value is -1.25. The molecule has 21 heavy (non-hydrogen) atoms. The number of allylic oxidation sites excluding steroid dienone is 1. The summed E-state index contributed by atoms with van der Waals surface area (Å²) in [5.74, 6) is -0.971. The molecule has 1 aromatic rings. The molecule has 0 amide bonds. The van der Waals surface area contributed by atoms with Crippen LogP contribution in [0.15, 0.2) is 40.1 Å². The largest absolute Gasteiger partial charge is 0.243 e. The lowest BCUT2D eigenvalue weighted by atomic mass is 10.0. The summed E-state index contributed by atoms with van der Waals surface area (Å²) < 4.78 is 63.6. The van der Waals surface area contributed by atoms with E-state index in [1.54, 1.807) is 0 Å². The quantitative estimate of drug-likeness (QED) is 0.671. The number of benzene rings is 1. The molecule has 0 spiro atoms. The summed E-state index contributed by atoms with van der Waals surface area (Å²) in [6.45, 7) is 0. The fourth-order valence-corrected chi connectivity index (χ4v) is 4.21. The van der Waals surface area contributed by atoms with E-state index in [2.05, 4.69) is 4.72 Å². The van der Waals surface area contributed by atoms with Gasteiger partial charge in [0.1, 0.15) is 10.7 Å². The normalized spacial score (nSPS) is 19.6. The number of hydrogen-bond donors (Lipinski definition) is 1. The SMILES string of the molecule is CS(=O)(=O)c1ccc(F)c(S(=O)(=O)NC2CC=CCC2)c1. The molecule has 8 heteroatoms. The summed E-state index contributed by atoms with van der Waals surface area (Å²) in [5.41, 5.74) is 0. The zero-order chi connectivity index (χ0) is 15.7. The second-order valence-electron chi connectivity index (χ2n) is 4.97. The standard InChI is InChI=1S/C13H16FNO4S2/c1-20(16,17)11-7-8-12(14)13(9-11)21(18,19)15-10-5-3-2-4-6-10/h2-3,7-10,15H,4-6H2,1H3. The van der Waals surface area contributed by atoms with Crippen LogP contribution in [0, 0.1) is 5.82 Å². The third-order valence-electron chi connectivity index (χ3n) is 3.21. The molecule has 1 N–H and O–H groups in total. The maximum atomic E-state index is 13.8. The molecule has 0 aliphatic heterocycles. The van der Waals surface area contributed by atoms with E-state index in [1.165, 1.54) is 0 Å².